The maximum atomic E-state index is 12.5. The average Bonchev–Trinajstić information content (AvgIpc) is 2.66. The van der Waals surface area contributed by atoms with Crippen molar-refractivity contribution in [2.75, 3.05) is 0 Å². The first-order valence-electron chi connectivity index (χ1n) is 8.27. The number of hydrogen-bond donors (Lipinski definition) is 1. The molecule has 0 fully saturated rings. The Bertz CT molecular complexity index is 974. The second-order valence-electron chi connectivity index (χ2n) is 5.95. The molecule has 1 amide bonds. The highest BCUT2D eigenvalue weighted by Gasteiger charge is 2.11. The van der Waals surface area contributed by atoms with Crippen molar-refractivity contribution in [3.8, 4) is 0 Å². The molecule has 2 aromatic carbocycles. The zero-order valence-electron chi connectivity index (χ0n) is 14.4. The average molecular weight is 345 g/mol. The number of hydrogen-bond acceptors (Lipinski definition) is 3. The van der Waals surface area contributed by atoms with E-state index in [9.17, 15) is 9.59 Å². The molecule has 0 bridgehead atoms. The van der Waals surface area contributed by atoms with E-state index in [0.29, 0.717) is 6.54 Å². The lowest BCUT2D eigenvalue weighted by Crippen LogP contribution is -2.30. The van der Waals surface area contributed by atoms with E-state index in [-0.39, 0.29) is 11.1 Å². The van der Waals surface area contributed by atoms with E-state index in [1.165, 1.54) is 10.6 Å². The minimum atomic E-state index is -0.527. The van der Waals surface area contributed by atoms with Crippen molar-refractivity contribution in [1.82, 2.24) is 9.99 Å². The van der Waals surface area contributed by atoms with Crippen LogP contribution in [-0.2, 0) is 6.54 Å². The van der Waals surface area contributed by atoms with Gasteiger partial charge < -0.3 is 4.57 Å². The number of benzene rings is 2. The Labute approximate surface area is 151 Å². The summed E-state index contributed by atoms with van der Waals surface area (Å²) in [5, 5.41) is 3.93. The van der Waals surface area contributed by atoms with E-state index >= 15 is 0 Å². The Morgan fingerprint density at radius 1 is 1.04 bits per heavy atom. The largest absolute Gasteiger partial charge is 0.310 e. The summed E-state index contributed by atoms with van der Waals surface area (Å²) in [5.41, 5.74) is 5.13. The quantitative estimate of drug-likeness (QED) is 0.571. The van der Waals surface area contributed by atoms with Gasteiger partial charge in [0.05, 0.1) is 12.8 Å². The third-order valence-electron chi connectivity index (χ3n) is 3.92. The van der Waals surface area contributed by atoms with Crippen LogP contribution in [0, 0.1) is 6.92 Å². The molecule has 0 aliphatic carbocycles. The molecule has 0 saturated carbocycles. The smallest absolute Gasteiger partial charge is 0.276 e. The number of pyridine rings is 1. The van der Waals surface area contributed by atoms with Crippen molar-refractivity contribution < 1.29 is 4.79 Å². The molecule has 5 nitrogen and oxygen atoms in total. The molecule has 130 valence electrons. The molecular formula is C21H19N3O2. The second kappa shape index (κ2) is 8.07. The number of nitrogens with zero attached hydrogens (tertiary/aromatic N) is 2. The Hall–Kier alpha value is -3.47. The van der Waals surface area contributed by atoms with Crippen LogP contribution in [0.3, 0.4) is 0 Å². The lowest BCUT2D eigenvalue weighted by atomic mass is 10.2. The van der Waals surface area contributed by atoms with Crippen LogP contribution >= 0.6 is 0 Å². The zero-order chi connectivity index (χ0) is 18.4. The van der Waals surface area contributed by atoms with Crippen molar-refractivity contribution in [2.24, 2.45) is 5.10 Å². The van der Waals surface area contributed by atoms with E-state index in [2.05, 4.69) is 10.5 Å². The summed E-state index contributed by atoms with van der Waals surface area (Å²) in [4.78, 5) is 24.8. The van der Waals surface area contributed by atoms with E-state index in [0.717, 1.165) is 16.7 Å². The molecule has 0 radical (unpaired) electrons. The van der Waals surface area contributed by atoms with Gasteiger partial charge in [-0.3, -0.25) is 9.59 Å². The number of rotatable bonds is 5. The van der Waals surface area contributed by atoms with Crippen LogP contribution in [0.4, 0.5) is 0 Å². The number of aromatic nitrogens is 1. The number of amides is 1. The van der Waals surface area contributed by atoms with Crippen molar-refractivity contribution in [2.45, 2.75) is 13.5 Å². The van der Waals surface area contributed by atoms with E-state index < -0.39 is 5.91 Å². The molecule has 5 heteroatoms. The van der Waals surface area contributed by atoms with Crippen molar-refractivity contribution in [1.29, 1.82) is 0 Å². The van der Waals surface area contributed by atoms with Gasteiger partial charge in [0.1, 0.15) is 5.56 Å². The van der Waals surface area contributed by atoms with Gasteiger partial charge in [-0.05, 0) is 30.2 Å². The minimum absolute atomic E-state index is 0.0597. The first-order chi connectivity index (χ1) is 12.6. The van der Waals surface area contributed by atoms with Crippen molar-refractivity contribution in [3.05, 3.63) is 106 Å². The van der Waals surface area contributed by atoms with Crippen LogP contribution in [0.2, 0.25) is 0 Å². The molecule has 1 heterocycles. The van der Waals surface area contributed by atoms with Gasteiger partial charge in [0.25, 0.3) is 11.5 Å². The van der Waals surface area contributed by atoms with Gasteiger partial charge in [0, 0.05) is 6.20 Å². The van der Waals surface area contributed by atoms with Crippen LogP contribution in [0.15, 0.2) is 82.8 Å². The van der Waals surface area contributed by atoms with E-state index in [4.69, 9.17) is 0 Å². The van der Waals surface area contributed by atoms with Crippen LogP contribution in [0.25, 0.3) is 0 Å². The molecule has 0 aliphatic rings. The predicted octanol–water partition coefficient (Wildman–Crippen LogP) is 2.97. The summed E-state index contributed by atoms with van der Waals surface area (Å²) in [6, 6.07) is 20.5. The predicted molar refractivity (Wildman–Crippen MR) is 102 cm³/mol. The Balaban J connectivity index is 1.72. The first-order valence-corrected chi connectivity index (χ1v) is 8.27. The van der Waals surface area contributed by atoms with Crippen LogP contribution in [-0.4, -0.2) is 16.7 Å². The fourth-order valence-corrected chi connectivity index (χ4v) is 2.49. The Kier molecular flexibility index (Phi) is 5.39. The fraction of sp³-hybridized carbons (Fsp3) is 0.0952. The highest BCUT2D eigenvalue weighted by atomic mass is 16.2. The number of aryl methyl sites for hydroxylation is 1. The normalized spacial score (nSPS) is 10.8. The SMILES string of the molecule is Cc1ccc(/C=N\NC(=O)c2cccn(Cc3ccccc3)c2=O)cc1. The number of hydrazone groups is 1. The zero-order valence-corrected chi connectivity index (χ0v) is 14.4. The second-order valence-corrected chi connectivity index (χ2v) is 5.95. The van der Waals surface area contributed by atoms with Gasteiger partial charge in [-0.1, -0.05) is 60.2 Å². The molecule has 1 aromatic heterocycles. The summed E-state index contributed by atoms with van der Waals surface area (Å²) in [6.07, 6.45) is 3.21. The maximum absolute atomic E-state index is 12.5. The van der Waals surface area contributed by atoms with Gasteiger partial charge in [-0.15, -0.1) is 0 Å². The van der Waals surface area contributed by atoms with Gasteiger partial charge >= 0.3 is 0 Å². The first kappa shape index (κ1) is 17.4. The van der Waals surface area contributed by atoms with Crippen LogP contribution in [0.1, 0.15) is 27.0 Å². The summed E-state index contributed by atoms with van der Waals surface area (Å²) >= 11 is 0. The third-order valence-corrected chi connectivity index (χ3v) is 3.92. The monoisotopic (exact) mass is 345 g/mol. The third kappa shape index (κ3) is 4.33. The molecule has 3 aromatic rings. The lowest BCUT2D eigenvalue weighted by Gasteiger charge is -2.07. The highest BCUT2D eigenvalue weighted by Crippen LogP contribution is 2.02. The van der Waals surface area contributed by atoms with E-state index in [1.54, 1.807) is 18.5 Å². The molecule has 0 aliphatic heterocycles. The molecular weight excluding hydrogens is 326 g/mol. The Morgan fingerprint density at radius 3 is 2.50 bits per heavy atom. The summed E-state index contributed by atoms with van der Waals surface area (Å²) in [7, 11) is 0. The van der Waals surface area contributed by atoms with Crippen LogP contribution in [0.5, 0.6) is 0 Å². The molecule has 26 heavy (non-hydrogen) atoms. The summed E-state index contributed by atoms with van der Waals surface area (Å²) < 4.78 is 1.51. The van der Waals surface area contributed by atoms with Gasteiger partial charge in [0.15, 0.2) is 0 Å². The molecule has 0 atom stereocenters. The van der Waals surface area contributed by atoms with Gasteiger partial charge in [0.2, 0.25) is 0 Å². The minimum Gasteiger partial charge on any atom is -0.310 e. The lowest BCUT2D eigenvalue weighted by molar-refractivity contribution is 0.0953. The molecule has 0 saturated heterocycles. The summed E-state index contributed by atoms with van der Waals surface area (Å²) in [6.45, 7) is 2.41. The van der Waals surface area contributed by atoms with Crippen molar-refractivity contribution in [3.63, 3.8) is 0 Å². The van der Waals surface area contributed by atoms with Gasteiger partial charge in [-0.2, -0.15) is 5.10 Å². The topological polar surface area (TPSA) is 63.5 Å². The number of carbonyl (C=O) groups is 1. The number of nitrogens with one attached hydrogen (secondary N) is 1. The highest BCUT2D eigenvalue weighted by molar-refractivity contribution is 5.94. The maximum Gasteiger partial charge on any atom is 0.276 e. The molecule has 1 N–H and O–H groups in total. The Morgan fingerprint density at radius 2 is 1.77 bits per heavy atom. The number of carbonyl (C=O) groups excluding carboxylic acids is 1. The molecule has 3 rings (SSSR count). The standard InChI is InChI=1S/C21H19N3O2/c1-16-9-11-17(12-10-16)14-22-23-20(25)19-8-5-13-24(21(19)26)15-18-6-3-2-4-7-18/h2-14H,15H2,1H3,(H,23,25)/b22-14-. The van der Waals surface area contributed by atoms with Crippen LogP contribution < -0.4 is 11.0 Å². The summed E-state index contributed by atoms with van der Waals surface area (Å²) in [5.74, 6) is -0.527. The molecule has 0 spiro atoms. The van der Waals surface area contributed by atoms with Crippen molar-refractivity contribution >= 4 is 12.1 Å². The van der Waals surface area contributed by atoms with Gasteiger partial charge in [-0.25, -0.2) is 5.43 Å². The van der Waals surface area contributed by atoms with E-state index in [1.807, 2.05) is 61.5 Å². The molecule has 0 unspecified atom stereocenters. The fourth-order valence-electron chi connectivity index (χ4n) is 2.49.